The van der Waals surface area contributed by atoms with Crippen molar-refractivity contribution >= 4 is 17.9 Å². The second kappa shape index (κ2) is 86.6. The van der Waals surface area contributed by atoms with Gasteiger partial charge in [0.15, 0.2) is 6.10 Å². The molecule has 0 heterocycles. The number of carboxylic acid groups (broad SMARTS) is 1. The van der Waals surface area contributed by atoms with E-state index in [4.69, 9.17) is 18.9 Å². The Morgan fingerprint density at radius 3 is 0.762 bits per heavy atom. The second-order valence-corrected chi connectivity index (χ2v) is 33.0. The lowest BCUT2D eigenvalue weighted by Gasteiger charge is -2.25. The minimum absolute atomic E-state index is 0.175. The number of hydrogen-bond donors (Lipinski definition) is 1. The molecule has 9 nitrogen and oxygen atoms in total. The normalized spacial score (nSPS) is 12.8. The molecule has 0 radical (unpaired) electrons. The molecule has 0 aliphatic carbocycles. The van der Waals surface area contributed by atoms with E-state index in [0.29, 0.717) is 17.4 Å². The molecular weight excluding hydrogens is 1300 g/mol. The summed E-state index contributed by atoms with van der Waals surface area (Å²) in [5, 5.41) is 9.80. The van der Waals surface area contributed by atoms with Gasteiger partial charge in [0, 0.05) is 12.8 Å². The third kappa shape index (κ3) is 88.1. The Balaban J connectivity index is 3.88. The van der Waals surface area contributed by atoms with Crippen molar-refractivity contribution in [2.45, 2.75) is 489 Å². The molecule has 0 rings (SSSR count). The van der Waals surface area contributed by atoms with Gasteiger partial charge in [0.25, 0.3) is 6.29 Å². The average molecular weight is 1480 g/mol. The van der Waals surface area contributed by atoms with E-state index in [1.54, 1.807) is 0 Å². The van der Waals surface area contributed by atoms with Crippen LogP contribution in [-0.2, 0) is 33.3 Å². The number of ether oxygens (including phenoxy) is 4. The summed E-state index contributed by atoms with van der Waals surface area (Å²) in [6, 6.07) is 0. The van der Waals surface area contributed by atoms with Crippen LogP contribution in [0.25, 0.3) is 0 Å². The van der Waals surface area contributed by atoms with Gasteiger partial charge in [0.05, 0.1) is 34.4 Å². The van der Waals surface area contributed by atoms with E-state index in [-0.39, 0.29) is 38.2 Å². The highest BCUT2D eigenvalue weighted by Gasteiger charge is 2.25. The van der Waals surface area contributed by atoms with E-state index in [9.17, 15) is 19.5 Å². The molecule has 0 aliphatic rings. The number of carbonyl (C=O) groups excluding carboxylic acids is 2. The Hall–Kier alpha value is -3.01. The van der Waals surface area contributed by atoms with Crippen molar-refractivity contribution in [2.75, 3.05) is 47.5 Å². The van der Waals surface area contributed by atoms with Crippen LogP contribution in [0.3, 0.4) is 0 Å². The van der Waals surface area contributed by atoms with Gasteiger partial charge in [0.1, 0.15) is 13.2 Å². The number of esters is 2. The topological polar surface area (TPSA) is 108 Å². The van der Waals surface area contributed by atoms with Gasteiger partial charge in [-0.25, -0.2) is 4.79 Å². The number of quaternary nitrogens is 1. The number of allylic oxidation sites excluding steroid dienone is 10. The van der Waals surface area contributed by atoms with Gasteiger partial charge in [-0.2, -0.15) is 0 Å². The quantitative estimate of drug-likeness (QED) is 0.0211. The van der Waals surface area contributed by atoms with E-state index < -0.39 is 18.4 Å². The van der Waals surface area contributed by atoms with Crippen LogP contribution in [0.15, 0.2) is 60.8 Å². The van der Waals surface area contributed by atoms with Gasteiger partial charge in [-0.15, -0.1) is 0 Å². The molecule has 0 aromatic rings. The summed E-state index contributed by atoms with van der Waals surface area (Å²) in [7, 11) is 6.01. The van der Waals surface area contributed by atoms with Gasteiger partial charge >= 0.3 is 17.9 Å². The number of nitrogens with zero attached hydrogens (tertiary/aromatic N) is 1. The Bertz CT molecular complexity index is 1920. The van der Waals surface area contributed by atoms with E-state index in [0.717, 1.165) is 57.8 Å². The zero-order chi connectivity index (χ0) is 76.0. The molecule has 105 heavy (non-hydrogen) atoms. The first-order valence-electron chi connectivity index (χ1n) is 46.5. The van der Waals surface area contributed by atoms with Crippen molar-refractivity contribution in [3.63, 3.8) is 0 Å². The van der Waals surface area contributed by atoms with Crippen LogP contribution in [0.5, 0.6) is 0 Å². The van der Waals surface area contributed by atoms with Gasteiger partial charge in [-0.1, -0.05) is 441 Å². The second-order valence-electron chi connectivity index (χ2n) is 33.0. The molecule has 0 spiro atoms. The summed E-state index contributed by atoms with van der Waals surface area (Å²) in [6.45, 7) is 4.94. The van der Waals surface area contributed by atoms with Gasteiger partial charge in [-0.05, 0) is 83.5 Å². The zero-order valence-electron chi connectivity index (χ0n) is 70.9. The van der Waals surface area contributed by atoms with Gasteiger partial charge in [-0.3, -0.25) is 9.59 Å². The Morgan fingerprint density at radius 1 is 0.286 bits per heavy atom. The molecule has 0 aromatic heterocycles. The number of carbonyl (C=O) groups is 3. The lowest BCUT2D eigenvalue weighted by atomic mass is 10.0. The molecule has 2 unspecified atom stereocenters. The highest BCUT2D eigenvalue weighted by atomic mass is 16.7. The summed E-state index contributed by atoms with van der Waals surface area (Å²) in [6.07, 6.45) is 114. The van der Waals surface area contributed by atoms with Crippen LogP contribution in [0.2, 0.25) is 0 Å². The largest absolute Gasteiger partial charge is 0.477 e. The molecule has 0 fully saturated rings. The summed E-state index contributed by atoms with van der Waals surface area (Å²) in [5.41, 5.74) is 0. The minimum atomic E-state index is -1.51. The summed E-state index contributed by atoms with van der Waals surface area (Å²) in [4.78, 5) is 37.8. The SMILES string of the molecule is CCCCCCC/C=C\C/C=C\C/C=C\CCCCCCCCCCCCCCCCCCCCCCCCCCCCC(=O)OC(COC(=O)CCCCCCCCCCCCCCCCCCCCCCCCCCCCC/C=C\C/C=C\CCCCCCC)COC(OCC[N+](C)(C)C)C(=O)O. The molecule has 616 valence electrons. The maximum atomic E-state index is 13.0. The van der Waals surface area contributed by atoms with Crippen molar-refractivity contribution in [1.29, 1.82) is 0 Å². The summed E-state index contributed by atoms with van der Waals surface area (Å²) in [5.74, 6) is -1.97. The van der Waals surface area contributed by atoms with Gasteiger partial charge < -0.3 is 28.5 Å². The van der Waals surface area contributed by atoms with E-state index in [1.807, 2.05) is 21.1 Å². The number of aliphatic carboxylic acids is 1. The first-order valence-corrected chi connectivity index (χ1v) is 46.5. The maximum Gasteiger partial charge on any atom is 0.361 e. The molecule has 0 saturated heterocycles. The fourth-order valence-electron chi connectivity index (χ4n) is 14.2. The van der Waals surface area contributed by atoms with Crippen LogP contribution < -0.4 is 0 Å². The maximum absolute atomic E-state index is 13.0. The standard InChI is InChI=1S/C96H179NO8/c1-6-8-10-12-14-16-18-20-22-24-26-28-30-32-34-36-38-40-42-44-46-47-49-51-53-55-57-59-61-63-65-67-69-71-73-75-77-79-81-83-85-87-94(99)105-92(91-104-96(95(100)101)102-89-88-97(3,4)5)90-103-93(98)86-84-82-80-78-76-74-72-70-68-66-64-62-60-58-56-54-52-50-48-45-43-41-39-37-35-33-31-29-27-25-23-21-19-17-15-13-11-9-7-2/h18-21,24-27,30,32,92,96H,6-17,22-23,28-29,31,33-91H2,1-5H3/p+1/b20-18-,21-19-,26-24-,27-25-,32-30-. The van der Waals surface area contributed by atoms with Crippen molar-refractivity contribution in [3.8, 4) is 0 Å². The van der Waals surface area contributed by atoms with Crippen molar-refractivity contribution in [2.24, 2.45) is 0 Å². The van der Waals surface area contributed by atoms with Crippen LogP contribution in [0.1, 0.15) is 476 Å². The lowest BCUT2D eigenvalue weighted by molar-refractivity contribution is -0.870. The summed E-state index contributed by atoms with van der Waals surface area (Å²) >= 11 is 0. The predicted octanol–water partition coefficient (Wildman–Crippen LogP) is 30.5. The molecule has 9 heteroatoms. The van der Waals surface area contributed by atoms with Crippen molar-refractivity contribution in [3.05, 3.63) is 60.8 Å². The molecular formula is C96H180NO8+. The Morgan fingerprint density at radius 2 is 0.514 bits per heavy atom. The first kappa shape index (κ1) is 102. The minimum Gasteiger partial charge on any atom is -0.477 e. The van der Waals surface area contributed by atoms with Crippen LogP contribution in [0, 0.1) is 0 Å². The fraction of sp³-hybridized carbons (Fsp3) is 0.865. The predicted molar refractivity (Wildman–Crippen MR) is 457 cm³/mol. The molecule has 0 amide bonds. The number of unbranched alkanes of at least 4 members (excludes halogenated alkanes) is 63. The van der Waals surface area contributed by atoms with E-state index in [2.05, 4.69) is 74.6 Å². The molecule has 0 aliphatic heterocycles. The zero-order valence-corrected chi connectivity index (χ0v) is 70.9. The van der Waals surface area contributed by atoms with E-state index in [1.165, 1.54) is 392 Å². The van der Waals surface area contributed by atoms with Gasteiger partial charge in [0.2, 0.25) is 0 Å². The molecule has 2 atom stereocenters. The number of carboxylic acids is 1. The molecule has 0 bridgehead atoms. The lowest BCUT2D eigenvalue weighted by Crippen LogP contribution is -2.40. The smallest absolute Gasteiger partial charge is 0.361 e. The van der Waals surface area contributed by atoms with Crippen molar-refractivity contribution in [1.82, 2.24) is 0 Å². The van der Waals surface area contributed by atoms with Crippen molar-refractivity contribution < 1.29 is 42.9 Å². The number of rotatable bonds is 88. The monoisotopic (exact) mass is 1480 g/mol. The third-order valence-electron chi connectivity index (χ3n) is 21.2. The highest BCUT2D eigenvalue weighted by Crippen LogP contribution is 2.21. The number of likely N-dealkylation sites (N-methyl/N-ethyl adjacent to an activating group) is 1. The summed E-state index contributed by atoms with van der Waals surface area (Å²) < 4.78 is 23.1. The fourth-order valence-corrected chi connectivity index (χ4v) is 14.2. The Labute approximate surface area is 654 Å². The molecule has 0 saturated carbocycles. The first-order chi connectivity index (χ1) is 51.6. The van der Waals surface area contributed by atoms with Crippen LogP contribution in [-0.4, -0.2) is 87.4 Å². The third-order valence-corrected chi connectivity index (χ3v) is 21.2. The number of hydrogen-bond acceptors (Lipinski definition) is 7. The Kier molecular flexibility index (Phi) is 84.1. The van der Waals surface area contributed by atoms with Crippen LogP contribution >= 0.6 is 0 Å². The molecule has 0 aromatic carbocycles. The van der Waals surface area contributed by atoms with Crippen LogP contribution in [0.4, 0.5) is 0 Å². The van der Waals surface area contributed by atoms with E-state index >= 15 is 0 Å². The highest BCUT2D eigenvalue weighted by molar-refractivity contribution is 5.71. The average Bonchev–Trinajstić information content (AvgIpc) is 1.18. The molecule has 1 N–H and O–H groups in total.